The number of ether oxygens (including phenoxy) is 1. The highest BCUT2D eigenvalue weighted by Crippen LogP contribution is 2.19. The first kappa shape index (κ1) is 12.0. The number of hydrogen-bond donors (Lipinski definition) is 2. The zero-order chi connectivity index (χ0) is 13.1. The molecule has 0 amide bonds. The zero-order valence-electron chi connectivity index (χ0n) is 10.3. The van der Waals surface area contributed by atoms with Crippen molar-refractivity contribution in [1.29, 1.82) is 5.41 Å². The second kappa shape index (κ2) is 4.83. The van der Waals surface area contributed by atoms with Crippen LogP contribution in [0.25, 0.3) is 0 Å². The molecule has 5 heteroatoms. The van der Waals surface area contributed by atoms with Crippen molar-refractivity contribution in [2.75, 3.05) is 0 Å². The van der Waals surface area contributed by atoms with Crippen molar-refractivity contribution in [3.05, 3.63) is 47.3 Å². The molecular formula is C13H14N4O. The maximum absolute atomic E-state index is 7.37. The Labute approximate surface area is 105 Å². The molecule has 0 spiro atoms. The van der Waals surface area contributed by atoms with Crippen LogP contribution in [-0.4, -0.2) is 15.8 Å². The molecule has 3 N–H and O–H groups in total. The third-order valence-corrected chi connectivity index (χ3v) is 2.31. The van der Waals surface area contributed by atoms with Crippen molar-refractivity contribution in [2.45, 2.75) is 13.8 Å². The van der Waals surface area contributed by atoms with Crippen molar-refractivity contribution >= 4 is 5.84 Å². The standard InChI is InChI=1S/C13H14N4O/c1-8-4-3-5-10(6-8)18-13-16-9(2)7-11(17-13)12(14)15/h3-7H,1-2H3,(H3,14,15). The van der Waals surface area contributed by atoms with Gasteiger partial charge in [-0.3, -0.25) is 5.41 Å². The van der Waals surface area contributed by atoms with Crippen LogP contribution in [0.5, 0.6) is 11.8 Å². The van der Waals surface area contributed by atoms with Crippen molar-refractivity contribution < 1.29 is 4.74 Å². The molecule has 0 fully saturated rings. The molecule has 18 heavy (non-hydrogen) atoms. The van der Waals surface area contributed by atoms with Crippen molar-refractivity contribution in [3.8, 4) is 11.8 Å². The number of aromatic nitrogens is 2. The summed E-state index contributed by atoms with van der Waals surface area (Å²) in [7, 11) is 0. The van der Waals surface area contributed by atoms with Gasteiger partial charge in [0.2, 0.25) is 0 Å². The first-order chi connectivity index (χ1) is 8.54. The van der Waals surface area contributed by atoms with E-state index in [4.69, 9.17) is 15.9 Å². The Balaban J connectivity index is 2.31. The fourth-order valence-corrected chi connectivity index (χ4v) is 1.51. The topological polar surface area (TPSA) is 84.9 Å². The summed E-state index contributed by atoms with van der Waals surface area (Å²) >= 11 is 0. The van der Waals surface area contributed by atoms with Crippen molar-refractivity contribution in [2.24, 2.45) is 5.73 Å². The monoisotopic (exact) mass is 242 g/mol. The van der Waals surface area contributed by atoms with Crippen molar-refractivity contribution in [1.82, 2.24) is 9.97 Å². The molecule has 0 saturated carbocycles. The van der Waals surface area contributed by atoms with Gasteiger partial charge in [-0.05, 0) is 37.6 Å². The van der Waals surface area contributed by atoms with E-state index in [1.54, 1.807) is 13.0 Å². The number of nitrogen functional groups attached to an aromatic ring is 1. The van der Waals surface area contributed by atoms with Gasteiger partial charge in [-0.1, -0.05) is 12.1 Å². The predicted octanol–water partition coefficient (Wildman–Crippen LogP) is 2.17. The quantitative estimate of drug-likeness (QED) is 0.638. The van der Waals surface area contributed by atoms with Gasteiger partial charge in [0.05, 0.1) is 0 Å². The van der Waals surface area contributed by atoms with E-state index in [9.17, 15) is 0 Å². The first-order valence-corrected chi connectivity index (χ1v) is 5.49. The molecule has 0 aliphatic heterocycles. The van der Waals surface area contributed by atoms with Crippen LogP contribution in [0.4, 0.5) is 0 Å². The summed E-state index contributed by atoms with van der Waals surface area (Å²) in [6.45, 7) is 3.78. The number of benzene rings is 1. The Morgan fingerprint density at radius 2 is 2.00 bits per heavy atom. The van der Waals surface area contributed by atoms with Crippen LogP contribution in [0.3, 0.4) is 0 Å². The molecular weight excluding hydrogens is 228 g/mol. The van der Waals surface area contributed by atoms with Gasteiger partial charge in [-0.2, -0.15) is 4.98 Å². The number of rotatable bonds is 3. The van der Waals surface area contributed by atoms with Crippen LogP contribution in [0.1, 0.15) is 17.0 Å². The number of amidine groups is 1. The van der Waals surface area contributed by atoms with Gasteiger partial charge in [-0.15, -0.1) is 0 Å². The largest absolute Gasteiger partial charge is 0.424 e. The number of aryl methyl sites for hydroxylation is 2. The second-order valence-corrected chi connectivity index (χ2v) is 4.01. The Morgan fingerprint density at radius 3 is 2.67 bits per heavy atom. The maximum atomic E-state index is 7.37. The maximum Gasteiger partial charge on any atom is 0.322 e. The molecule has 0 aliphatic rings. The molecule has 0 unspecified atom stereocenters. The van der Waals surface area contributed by atoms with Crippen LogP contribution in [0.15, 0.2) is 30.3 Å². The Kier molecular flexibility index (Phi) is 3.23. The van der Waals surface area contributed by atoms with Gasteiger partial charge in [0.25, 0.3) is 0 Å². The molecule has 1 heterocycles. The summed E-state index contributed by atoms with van der Waals surface area (Å²) in [6.07, 6.45) is 0. The molecule has 2 rings (SSSR count). The lowest BCUT2D eigenvalue weighted by atomic mass is 10.2. The summed E-state index contributed by atoms with van der Waals surface area (Å²) in [4.78, 5) is 8.23. The highest BCUT2D eigenvalue weighted by Gasteiger charge is 2.06. The third-order valence-electron chi connectivity index (χ3n) is 2.31. The minimum absolute atomic E-state index is 0.102. The first-order valence-electron chi connectivity index (χ1n) is 5.49. The summed E-state index contributed by atoms with van der Waals surface area (Å²) in [5.41, 5.74) is 7.57. The summed E-state index contributed by atoms with van der Waals surface area (Å²) in [6, 6.07) is 9.43. The van der Waals surface area contributed by atoms with E-state index in [1.165, 1.54) is 0 Å². The summed E-state index contributed by atoms with van der Waals surface area (Å²) < 4.78 is 5.56. The van der Waals surface area contributed by atoms with E-state index in [1.807, 2.05) is 31.2 Å². The van der Waals surface area contributed by atoms with E-state index in [0.29, 0.717) is 17.1 Å². The van der Waals surface area contributed by atoms with E-state index >= 15 is 0 Å². The van der Waals surface area contributed by atoms with Crippen LogP contribution in [-0.2, 0) is 0 Å². The highest BCUT2D eigenvalue weighted by molar-refractivity contribution is 5.93. The number of nitrogens with two attached hydrogens (primary N) is 1. The molecule has 1 aromatic carbocycles. The average Bonchev–Trinajstić information content (AvgIpc) is 2.28. The second-order valence-electron chi connectivity index (χ2n) is 4.01. The molecule has 0 saturated heterocycles. The van der Waals surface area contributed by atoms with Crippen LogP contribution in [0.2, 0.25) is 0 Å². The van der Waals surface area contributed by atoms with Crippen LogP contribution >= 0.6 is 0 Å². The number of nitrogens with one attached hydrogen (secondary N) is 1. The number of hydrogen-bond acceptors (Lipinski definition) is 4. The summed E-state index contributed by atoms with van der Waals surface area (Å²) in [5, 5.41) is 7.37. The molecule has 92 valence electrons. The average molecular weight is 242 g/mol. The lowest BCUT2D eigenvalue weighted by Gasteiger charge is -2.06. The third kappa shape index (κ3) is 2.82. The molecule has 2 aromatic rings. The number of nitrogens with zero attached hydrogens (tertiary/aromatic N) is 2. The lowest BCUT2D eigenvalue weighted by Crippen LogP contribution is -2.14. The zero-order valence-corrected chi connectivity index (χ0v) is 10.3. The Morgan fingerprint density at radius 1 is 1.22 bits per heavy atom. The molecule has 0 radical (unpaired) electrons. The normalized spacial score (nSPS) is 10.1. The van der Waals surface area contributed by atoms with E-state index in [2.05, 4.69) is 9.97 Å². The van der Waals surface area contributed by atoms with E-state index < -0.39 is 0 Å². The molecule has 0 aliphatic carbocycles. The van der Waals surface area contributed by atoms with Crippen LogP contribution < -0.4 is 10.5 Å². The van der Waals surface area contributed by atoms with Gasteiger partial charge in [-0.25, -0.2) is 4.98 Å². The van der Waals surface area contributed by atoms with Gasteiger partial charge in [0.1, 0.15) is 17.3 Å². The lowest BCUT2D eigenvalue weighted by molar-refractivity contribution is 0.439. The SMILES string of the molecule is Cc1cccc(Oc2nc(C)cc(C(=N)N)n2)c1. The summed E-state index contributed by atoms with van der Waals surface area (Å²) in [5.74, 6) is 0.560. The Bertz CT molecular complexity index is 595. The minimum atomic E-state index is -0.102. The Hall–Kier alpha value is -2.43. The van der Waals surface area contributed by atoms with Gasteiger partial charge in [0, 0.05) is 5.69 Å². The van der Waals surface area contributed by atoms with Gasteiger partial charge in [0.15, 0.2) is 0 Å². The molecule has 0 bridgehead atoms. The van der Waals surface area contributed by atoms with E-state index in [-0.39, 0.29) is 11.8 Å². The van der Waals surface area contributed by atoms with Crippen molar-refractivity contribution in [3.63, 3.8) is 0 Å². The van der Waals surface area contributed by atoms with Gasteiger partial charge < -0.3 is 10.5 Å². The molecule has 0 atom stereocenters. The fourth-order valence-electron chi connectivity index (χ4n) is 1.51. The smallest absolute Gasteiger partial charge is 0.322 e. The molecule has 1 aromatic heterocycles. The molecule has 5 nitrogen and oxygen atoms in total. The predicted molar refractivity (Wildman–Crippen MR) is 69.0 cm³/mol. The van der Waals surface area contributed by atoms with Gasteiger partial charge >= 0.3 is 6.01 Å². The fraction of sp³-hybridized carbons (Fsp3) is 0.154. The van der Waals surface area contributed by atoms with Crippen LogP contribution in [0, 0.1) is 19.3 Å². The van der Waals surface area contributed by atoms with E-state index in [0.717, 1.165) is 5.56 Å². The highest BCUT2D eigenvalue weighted by atomic mass is 16.5. The minimum Gasteiger partial charge on any atom is -0.424 e.